The molecule has 2 N–H and O–H groups in total. The van der Waals surface area contributed by atoms with Crippen LogP contribution in [0.25, 0.3) is 0 Å². The van der Waals surface area contributed by atoms with Gasteiger partial charge in [-0.05, 0) is 36.2 Å². The first kappa shape index (κ1) is 22.6. The third kappa shape index (κ3) is 5.92. The number of aromatic hydroxyl groups is 1. The minimum absolute atomic E-state index is 0.0367. The van der Waals surface area contributed by atoms with Crippen LogP contribution in [0.2, 0.25) is 10.0 Å². The van der Waals surface area contributed by atoms with Gasteiger partial charge in [-0.1, -0.05) is 29.3 Å². The summed E-state index contributed by atoms with van der Waals surface area (Å²) in [6, 6.07) is 7.98. The molecule has 0 atom stereocenters. The number of phenolic OH excluding ortho intramolecular Hbond substituents is 1. The first-order valence-corrected chi connectivity index (χ1v) is 9.42. The number of phenols is 1. The van der Waals surface area contributed by atoms with Crippen LogP contribution in [0.5, 0.6) is 17.2 Å². The van der Waals surface area contributed by atoms with E-state index in [0.29, 0.717) is 17.9 Å². The van der Waals surface area contributed by atoms with Crippen molar-refractivity contribution in [2.75, 3.05) is 27.3 Å². The Morgan fingerprint density at radius 2 is 1.72 bits per heavy atom. The third-order valence-corrected chi connectivity index (χ3v) is 4.77. The molecule has 0 radical (unpaired) electrons. The Balaban J connectivity index is 2.24. The van der Waals surface area contributed by atoms with E-state index in [1.165, 1.54) is 31.3 Å². The van der Waals surface area contributed by atoms with Gasteiger partial charge in [-0.15, -0.1) is 0 Å². The monoisotopic (exact) mass is 441 g/mol. The van der Waals surface area contributed by atoms with Crippen LogP contribution in [-0.4, -0.2) is 54.3 Å². The number of hydrogen-bond acceptors (Lipinski definition) is 5. The van der Waals surface area contributed by atoms with Gasteiger partial charge in [0.1, 0.15) is 5.75 Å². The van der Waals surface area contributed by atoms with Gasteiger partial charge in [0.25, 0.3) is 5.91 Å². The van der Waals surface area contributed by atoms with Crippen LogP contribution in [0.1, 0.15) is 22.3 Å². The first-order valence-electron chi connectivity index (χ1n) is 8.66. The van der Waals surface area contributed by atoms with Crippen molar-refractivity contribution in [3.05, 3.63) is 51.5 Å². The number of rotatable bonds is 9. The number of hydrogen-bond donors (Lipinski definition) is 2. The van der Waals surface area contributed by atoms with Crippen molar-refractivity contribution in [2.45, 2.75) is 12.8 Å². The number of carboxylic acid groups (broad SMARTS) is 1. The third-order valence-electron chi connectivity index (χ3n) is 4.26. The molecule has 0 aliphatic rings. The molecule has 0 saturated heterocycles. The summed E-state index contributed by atoms with van der Waals surface area (Å²) in [6.07, 6.45) is 0.188. The second-order valence-corrected chi connectivity index (χ2v) is 7.00. The van der Waals surface area contributed by atoms with Crippen LogP contribution in [0.3, 0.4) is 0 Å². The molecule has 0 saturated carbocycles. The van der Waals surface area contributed by atoms with Crippen molar-refractivity contribution in [3.8, 4) is 17.2 Å². The molecule has 7 nitrogen and oxygen atoms in total. The van der Waals surface area contributed by atoms with Crippen LogP contribution in [0.15, 0.2) is 30.3 Å². The van der Waals surface area contributed by atoms with Crippen molar-refractivity contribution in [2.24, 2.45) is 0 Å². The van der Waals surface area contributed by atoms with E-state index in [2.05, 4.69) is 0 Å². The summed E-state index contributed by atoms with van der Waals surface area (Å²) in [5.74, 6) is -0.871. The Labute approximate surface area is 178 Å². The number of amides is 1. The van der Waals surface area contributed by atoms with E-state index in [1.54, 1.807) is 12.1 Å². The van der Waals surface area contributed by atoms with Crippen molar-refractivity contribution in [1.29, 1.82) is 0 Å². The molecule has 9 heteroatoms. The lowest BCUT2D eigenvalue weighted by Crippen LogP contribution is -2.35. The zero-order valence-electron chi connectivity index (χ0n) is 15.9. The summed E-state index contributed by atoms with van der Waals surface area (Å²) >= 11 is 11.9. The van der Waals surface area contributed by atoms with Crippen molar-refractivity contribution in [3.63, 3.8) is 0 Å². The van der Waals surface area contributed by atoms with Gasteiger partial charge < -0.3 is 24.6 Å². The molecule has 0 unspecified atom stereocenters. The van der Waals surface area contributed by atoms with Crippen LogP contribution in [0, 0.1) is 0 Å². The van der Waals surface area contributed by atoms with Crippen LogP contribution in [-0.2, 0) is 11.2 Å². The topological polar surface area (TPSA) is 96.3 Å². The summed E-state index contributed by atoms with van der Waals surface area (Å²) in [4.78, 5) is 25.3. The van der Waals surface area contributed by atoms with Gasteiger partial charge >= 0.3 is 5.97 Å². The van der Waals surface area contributed by atoms with Gasteiger partial charge in [-0.25, -0.2) is 0 Å². The number of carboxylic acids is 1. The average Bonchev–Trinajstić information content (AvgIpc) is 2.69. The number of aliphatic carboxylic acids is 1. The minimum atomic E-state index is -1.04. The predicted octanol–water partition coefficient (Wildman–Crippen LogP) is 3.88. The SMILES string of the molecule is COc1ccc(CCN(CCC(=O)O)C(=O)c2cc(Cl)cc(Cl)c2O)cc1OC. The normalized spacial score (nSPS) is 10.5. The molecule has 2 aromatic carbocycles. The van der Waals surface area contributed by atoms with E-state index in [4.69, 9.17) is 37.8 Å². The number of benzene rings is 2. The highest BCUT2D eigenvalue weighted by molar-refractivity contribution is 6.36. The Kier molecular flexibility index (Phi) is 7.99. The van der Waals surface area contributed by atoms with Crippen molar-refractivity contribution in [1.82, 2.24) is 4.90 Å². The molecule has 2 rings (SSSR count). The summed E-state index contributed by atoms with van der Waals surface area (Å²) in [6.45, 7) is 0.177. The van der Waals surface area contributed by atoms with Gasteiger partial charge in [0, 0.05) is 18.1 Å². The number of methoxy groups -OCH3 is 2. The fourth-order valence-electron chi connectivity index (χ4n) is 2.75. The van der Waals surface area contributed by atoms with E-state index < -0.39 is 17.6 Å². The van der Waals surface area contributed by atoms with Gasteiger partial charge in [0.2, 0.25) is 0 Å². The zero-order chi connectivity index (χ0) is 21.6. The molecule has 156 valence electrons. The quantitative estimate of drug-likeness (QED) is 0.612. The lowest BCUT2D eigenvalue weighted by Gasteiger charge is -2.23. The molecule has 0 bridgehead atoms. The van der Waals surface area contributed by atoms with Gasteiger partial charge in [0.15, 0.2) is 11.5 Å². The number of nitrogens with zero attached hydrogens (tertiary/aromatic N) is 1. The Bertz CT molecular complexity index is 903. The first-order chi connectivity index (χ1) is 13.8. The van der Waals surface area contributed by atoms with Gasteiger partial charge in [0.05, 0.1) is 31.2 Å². The highest BCUT2D eigenvalue weighted by Gasteiger charge is 2.22. The standard InChI is InChI=1S/C20H21Cl2NO6/c1-28-16-4-3-12(9-17(16)29-2)5-7-23(8-6-18(24)25)20(27)14-10-13(21)11-15(22)19(14)26/h3-4,9-11,26H,5-8H2,1-2H3,(H,24,25). The van der Waals surface area contributed by atoms with Crippen LogP contribution < -0.4 is 9.47 Å². The van der Waals surface area contributed by atoms with Gasteiger partial charge in [-0.2, -0.15) is 0 Å². The summed E-state index contributed by atoms with van der Waals surface area (Å²) in [5.41, 5.74) is 0.782. The van der Waals surface area contributed by atoms with E-state index in [9.17, 15) is 14.7 Å². The molecule has 29 heavy (non-hydrogen) atoms. The largest absolute Gasteiger partial charge is 0.506 e. The molecule has 0 spiro atoms. The number of ether oxygens (including phenoxy) is 2. The number of carbonyl (C=O) groups excluding carboxylic acids is 1. The predicted molar refractivity (Wildman–Crippen MR) is 110 cm³/mol. The molecule has 0 heterocycles. The molecule has 0 aliphatic carbocycles. The molecule has 0 aliphatic heterocycles. The van der Waals surface area contributed by atoms with Crippen LogP contribution in [0.4, 0.5) is 0 Å². The fraction of sp³-hybridized carbons (Fsp3) is 0.300. The minimum Gasteiger partial charge on any atom is -0.506 e. The van der Waals surface area contributed by atoms with Crippen molar-refractivity contribution < 1.29 is 29.3 Å². The molecular weight excluding hydrogens is 421 g/mol. The molecule has 0 aromatic heterocycles. The van der Waals surface area contributed by atoms with E-state index >= 15 is 0 Å². The lowest BCUT2D eigenvalue weighted by molar-refractivity contribution is -0.137. The molecule has 1 amide bonds. The summed E-state index contributed by atoms with van der Waals surface area (Å²) < 4.78 is 10.5. The van der Waals surface area contributed by atoms with Crippen LogP contribution >= 0.6 is 23.2 Å². The Morgan fingerprint density at radius 3 is 2.34 bits per heavy atom. The zero-order valence-corrected chi connectivity index (χ0v) is 17.5. The molecule has 0 fully saturated rings. The molecule has 2 aromatic rings. The number of carbonyl (C=O) groups is 2. The second kappa shape index (κ2) is 10.2. The summed E-state index contributed by atoms with van der Waals surface area (Å²) in [5, 5.41) is 19.3. The van der Waals surface area contributed by atoms with Crippen molar-refractivity contribution >= 4 is 35.1 Å². The smallest absolute Gasteiger partial charge is 0.305 e. The van der Waals surface area contributed by atoms with E-state index in [0.717, 1.165) is 5.56 Å². The van der Waals surface area contributed by atoms with E-state index in [1.807, 2.05) is 6.07 Å². The molecular formula is C20H21Cl2NO6. The Morgan fingerprint density at radius 1 is 1.03 bits per heavy atom. The van der Waals surface area contributed by atoms with E-state index in [-0.39, 0.29) is 35.1 Å². The van der Waals surface area contributed by atoms with Gasteiger partial charge in [-0.3, -0.25) is 9.59 Å². The number of halogens is 2. The lowest BCUT2D eigenvalue weighted by atomic mass is 10.1. The Hall–Kier alpha value is -2.64. The second-order valence-electron chi connectivity index (χ2n) is 6.16. The maximum Gasteiger partial charge on any atom is 0.305 e. The highest BCUT2D eigenvalue weighted by atomic mass is 35.5. The maximum absolute atomic E-state index is 12.9. The summed E-state index contributed by atoms with van der Waals surface area (Å²) in [7, 11) is 3.06. The fourth-order valence-corrected chi connectivity index (χ4v) is 3.24. The maximum atomic E-state index is 12.9. The highest BCUT2D eigenvalue weighted by Crippen LogP contribution is 2.32. The average molecular weight is 442 g/mol.